The molecular weight excluding hydrogens is 347 g/mol. The summed E-state index contributed by atoms with van der Waals surface area (Å²) in [6, 6.07) is 10.2. The summed E-state index contributed by atoms with van der Waals surface area (Å²) in [7, 11) is 0. The number of nitrogens with one attached hydrogen (secondary N) is 2. The molecule has 0 radical (unpaired) electrons. The van der Waals surface area contributed by atoms with Crippen LogP contribution in [0.15, 0.2) is 59.8 Å². The van der Waals surface area contributed by atoms with Crippen LogP contribution in [0, 0.1) is 5.82 Å². The Morgan fingerprint density at radius 1 is 1.11 bits per heavy atom. The molecule has 132 valence electrons. The van der Waals surface area contributed by atoms with Crippen LogP contribution < -0.4 is 10.3 Å². The van der Waals surface area contributed by atoms with Gasteiger partial charge in [-0.1, -0.05) is 6.07 Å². The first kappa shape index (κ1) is 15.5. The molecule has 2 N–H and O–H groups in total. The van der Waals surface area contributed by atoms with Crippen molar-refractivity contribution in [3.63, 3.8) is 0 Å². The average Bonchev–Trinajstić information content (AvgIpc) is 3.12. The van der Waals surface area contributed by atoms with Crippen molar-refractivity contribution in [1.29, 1.82) is 0 Å². The highest BCUT2D eigenvalue weighted by atomic mass is 19.1. The molecule has 0 amide bonds. The standard InChI is InChI=1S/C20H13FN4O2/c21-12-3-4-13-15(8-12)16-14(5-7-23-19(16)26)18-17(13)24-20(25-18)27-10-11-2-1-6-22-9-11/h1-9H,10H2,(H,23,26)(H,24,25). The van der Waals surface area contributed by atoms with E-state index in [2.05, 4.69) is 19.9 Å². The van der Waals surface area contributed by atoms with Crippen LogP contribution in [0.1, 0.15) is 5.56 Å². The number of H-pyrrole nitrogens is 2. The Morgan fingerprint density at radius 3 is 2.89 bits per heavy atom. The molecule has 6 nitrogen and oxygen atoms in total. The predicted molar refractivity (Wildman–Crippen MR) is 100 cm³/mol. The van der Waals surface area contributed by atoms with Gasteiger partial charge in [-0.25, -0.2) is 4.39 Å². The second-order valence-electron chi connectivity index (χ2n) is 6.20. The Bertz CT molecular complexity index is 1360. The Morgan fingerprint density at radius 2 is 2.04 bits per heavy atom. The third kappa shape index (κ3) is 2.52. The van der Waals surface area contributed by atoms with Crippen LogP contribution in [-0.2, 0) is 6.61 Å². The van der Waals surface area contributed by atoms with Crippen molar-refractivity contribution in [1.82, 2.24) is 19.9 Å². The molecule has 0 saturated heterocycles. The number of imidazole rings is 1. The first-order chi connectivity index (χ1) is 13.2. The SMILES string of the molecule is O=c1[nH]ccc2c3nc(OCc4cccnc4)[nH]c3c3ccc(F)cc3c12. The second-order valence-corrected chi connectivity index (χ2v) is 6.20. The van der Waals surface area contributed by atoms with Crippen LogP contribution in [0.5, 0.6) is 6.01 Å². The third-order valence-electron chi connectivity index (χ3n) is 4.52. The van der Waals surface area contributed by atoms with Crippen LogP contribution in [0.3, 0.4) is 0 Å². The molecule has 0 aliphatic heterocycles. The normalized spacial score (nSPS) is 11.4. The summed E-state index contributed by atoms with van der Waals surface area (Å²) in [5.41, 5.74) is 1.93. The van der Waals surface area contributed by atoms with Crippen molar-refractivity contribution in [2.24, 2.45) is 0 Å². The predicted octanol–water partition coefficient (Wildman–Crippen LogP) is 3.67. The van der Waals surface area contributed by atoms with E-state index in [4.69, 9.17) is 4.74 Å². The van der Waals surface area contributed by atoms with Crippen LogP contribution in [-0.4, -0.2) is 19.9 Å². The number of nitrogens with zero attached hydrogens (tertiary/aromatic N) is 2. The van der Waals surface area contributed by atoms with Gasteiger partial charge in [0.2, 0.25) is 0 Å². The minimum atomic E-state index is -0.404. The lowest BCUT2D eigenvalue weighted by molar-refractivity contribution is 0.284. The number of fused-ring (bicyclic) bond motifs is 6. The van der Waals surface area contributed by atoms with Gasteiger partial charge in [0, 0.05) is 40.3 Å². The molecule has 3 heterocycles. The van der Waals surface area contributed by atoms with Gasteiger partial charge in [0.15, 0.2) is 0 Å². The van der Waals surface area contributed by atoms with Crippen LogP contribution >= 0.6 is 0 Å². The Hall–Kier alpha value is -3.74. The van der Waals surface area contributed by atoms with E-state index in [1.165, 1.54) is 12.1 Å². The molecule has 0 spiro atoms. The van der Waals surface area contributed by atoms with E-state index in [0.717, 1.165) is 5.56 Å². The van der Waals surface area contributed by atoms with Gasteiger partial charge in [0.05, 0.1) is 10.9 Å². The molecule has 0 fully saturated rings. The minimum absolute atomic E-state index is 0.286. The topological polar surface area (TPSA) is 83.7 Å². The zero-order valence-electron chi connectivity index (χ0n) is 14.0. The number of aromatic amines is 2. The van der Waals surface area contributed by atoms with Crippen molar-refractivity contribution in [2.75, 3.05) is 0 Å². The summed E-state index contributed by atoms with van der Waals surface area (Å²) in [6.45, 7) is 0.304. The van der Waals surface area contributed by atoms with E-state index >= 15 is 0 Å². The number of hydrogen-bond acceptors (Lipinski definition) is 4. The molecule has 0 atom stereocenters. The Kier molecular flexibility index (Phi) is 3.39. The van der Waals surface area contributed by atoms with Gasteiger partial charge < -0.3 is 14.7 Å². The number of aromatic nitrogens is 4. The zero-order valence-corrected chi connectivity index (χ0v) is 14.0. The first-order valence-corrected chi connectivity index (χ1v) is 8.35. The number of halogens is 1. The first-order valence-electron chi connectivity index (χ1n) is 8.35. The summed E-state index contributed by atoms with van der Waals surface area (Å²) in [5.74, 6) is -0.404. The summed E-state index contributed by atoms with van der Waals surface area (Å²) in [6.07, 6.45) is 4.97. The van der Waals surface area contributed by atoms with Gasteiger partial charge >= 0.3 is 0 Å². The Balaban J connectivity index is 1.74. The van der Waals surface area contributed by atoms with Gasteiger partial charge in [0.25, 0.3) is 11.6 Å². The third-order valence-corrected chi connectivity index (χ3v) is 4.52. The van der Waals surface area contributed by atoms with Gasteiger partial charge in [-0.3, -0.25) is 9.78 Å². The molecule has 0 aliphatic carbocycles. The van der Waals surface area contributed by atoms with Crippen LogP contribution in [0.25, 0.3) is 32.6 Å². The molecule has 0 unspecified atom stereocenters. The van der Waals surface area contributed by atoms with Crippen molar-refractivity contribution < 1.29 is 9.13 Å². The highest BCUT2D eigenvalue weighted by molar-refractivity contribution is 6.23. The fourth-order valence-electron chi connectivity index (χ4n) is 3.33. The fraction of sp³-hybridized carbons (Fsp3) is 0.0500. The maximum absolute atomic E-state index is 13.8. The van der Waals surface area contributed by atoms with E-state index in [-0.39, 0.29) is 5.56 Å². The van der Waals surface area contributed by atoms with E-state index in [1.54, 1.807) is 30.7 Å². The van der Waals surface area contributed by atoms with E-state index in [0.29, 0.717) is 45.2 Å². The molecule has 2 aromatic carbocycles. The van der Waals surface area contributed by atoms with Gasteiger partial charge in [-0.2, -0.15) is 4.98 Å². The van der Waals surface area contributed by atoms with Crippen molar-refractivity contribution in [2.45, 2.75) is 6.61 Å². The lowest BCUT2D eigenvalue weighted by atomic mass is 10.0. The molecule has 5 aromatic rings. The van der Waals surface area contributed by atoms with Gasteiger partial charge in [0.1, 0.15) is 17.9 Å². The molecule has 3 aromatic heterocycles. The maximum Gasteiger partial charge on any atom is 0.294 e. The monoisotopic (exact) mass is 360 g/mol. The molecule has 5 rings (SSSR count). The molecular formula is C20H13FN4O2. The van der Waals surface area contributed by atoms with E-state index < -0.39 is 5.82 Å². The second kappa shape index (κ2) is 5.91. The van der Waals surface area contributed by atoms with Crippen molar-refractivity contribution in [3.8, 4) is 6.01 Å². The van der Waals surface area contributed by atoms with E-state index in [9.17, 15) is 9.18 Å². The number of hydrogen-bond donors (Lipinski definition) is 2. The summed E-state index contributed by atoms with van der Waals surface area (Å²) >= 11 is 0. The molecule has 0 bridgehead atoms. The number of pyridine rings is 2. The fourth-order valence-corrected chi connectivity index (χ4v) is 3.33. The maximum atomic E-state index is 13.8. The average molecular weight is 360 g/mol. The number of rotatable bonds is 3. The minimum Gasteiger partial charge on any atom is -0.460 e. The molecule has 0 saturated carbocycles. The van der Waals surface area contributed by atoms with E-state index in [1.807, 2.05) is 12.1 Å². The molecule has 7 heteroatoms. The zero-order chi connectivity index (χ0) is 18.4. The van der Waals surface area contributed by atoms with Crippen molar-refractivity contribution in [3.05, 3.63) is 76.7 Å². The van der Waals surface area contributed by atoms with Crippen LogP contribution in [0.2, 0.25) is 0 Å². The lowest BCUT2D eigenvalue weighted by Crippen LogP contribution is -2.05. The quantitative estimate of drug-likeness (QED) is 0.481. The summed E-state index contributed by atoms with van der Waals surface area (Å²) in [5, 5.41) is 2.28. The summed E-state index contributed by atoms with van der Waals surface area (Å²) < 4.78 is 19.6. The van der Waals surface area contributed by atoms with Crippen molar-refractivity contribution >= 4 is 32.6 Å². The number of ether oxygens (including phenoxy) is 1. The smallest absolute Gasteiger partial charge is 0.294 e. The van der Waals surface area contributed by atoms with Gasteiger partial charge in [-0.05, 0) is 30.3 Å². The number of benzene rings is 2. The lowest BCUT2D eigenvalue weighted by Gasteiger charge is -2.05. The highest BCUT2D eigenvalue weighted by Gasteiger charge is 2.16. The Labute approximate surface area is 151 Å². The van der Waals surface area contributed by atoms with Gasteiger partial charge in [-0.15, -0.1) is 0 Å². The molecule has 27 heavy (non-hydrogen) atoms. The van der Waals surface area contributed by atoms with Crippen LogP contribution in [0.4, 0.5) is 4.39 Å². The highest BCUT2D eigenvalue weighted by Crippen LogP contribution is 2.33. The summed E-state index contributed by atoms with van der Waals surface area (Å²) in [4.78, 5) is 26.8. The molecule has 0 aliphatic rings. The largest absolute Gasteiger partial charge is 0.460 e.